The molecule has 0 aliphatic rings. The van der Waals surface area contributed by atoms with Crippen molar-refractivity contribution in [1.29, 1.82) is 0 Å². The zero-order valence-corrected chi connectivity index (χ0v) is 13.6. The molecule has 1 aromatic carbocycles. The first kappa shape index (κ1) is 16.2. The molecule has 1 aromatic heterocycles. The lowest BCUT2D eigenvalue weighted by Gasteiger charge is -2.10. The van der Waals surface area contributed by atoms with Crippen LogP contribution in [0.25, 0.3) is 0 Å². The summed E-state index contributed by atoms with van der Waals surface area (Å²) < 4.78 is 0. The van der Waals surface area contributed by atoms with E-state index in [1.807, 2.05) is 32.9 Å². The summed E-state index contributed by atoms with van der Waals surface area (Å²) in [6.07, 6.45) is 0. The first-order valence-corrected chi connectivity index (χ1v) is 7.48. The molecule has 0 atom stereocenters. The molecule has 0 unspecified atom stereocenters. The fourth-order valence-electron chi connectivity index (χ4n) is 1.82. The maximum atomic E-state index is 12.1. The van der Waals surface area contributed by atoms with Crippen LogP contribution < -0.4 is 10.6 Å². The predicted octanol–water partition coefficient (Wildman–Crippen LogP) is 3.57. The summed E-state index contributed by atoms with van der Waals surface area (Å²) in [6, 6.07) is 8.91. The van der Waals surface area contributed by atoms with Crippen LogP contribution in [0.15, 0.2) is 30.3 Å². The van der Waals surface area contributed by atoms with Gasteiger partial charge in [-0.05, 0) is 37.1 Å². The summed E-state index contributed by atoms with van der Waals surface area (Å²) in [4.78, 5) is 20.7. The van der Waals surface area contributed by atoms with E-state index < -0.39 is 0 Å². The summed E-state index contributed by atoms with van der Waals surface area (Å²) in [5.41, 5.74) is 1.83. The van der Waals surface area contributed by atoms with Gasteiger partial charge in [-0.25, -0.2) is 9.97 Å². The second kappa shape index (κ2) is 7.22. The zero-order valence-electron chi connectivity index (χ0n) is 12.9. The van der Waals surface area contributed by atoms with Crippen LogP contribution in [0.3, 0.4) is 0 Å². The molecule has 2 aromatic rings. The van der Waals surface area contributed by atoms with Gasteiger partial charge in [0.15, 0.2) is 0 Å². The third-order valence-corrected chi connectivity index (χ3v) is 3.07. The number of carbonyl (C=O) groups excluding carboxylic acids is 1. The van der Waals surface area contributed by atoms with E-state index in [2.05, 4.69) is 20.6 Å². The van der Waals surface area contributed by atoms with E-state index in [-0.39, 0.29) is 5.91 Å². The lowest BCUT2D eigenvalue weighted by molar-refractivity contribution is 0.0944. The van der Waals surface area contributed by atoms with Gasteiger partial charge in [-0.2, -0.15) is 0 Å². The zero-order chi connectivity index (χ0) is 16.1. The van der Waals surface area contributed by atoms with Crippen LogP contribution in [0.2, 0.25) is 5.02 Å². The number of hydrogen-bond donors (Lipinski definition) is 2. The number of amides is 1. The van der Waals surface area contributed by atoms with Gasteiger partial charge < -0.3 is 10.6 Å². The lowest BCUT2D eigenvalue weighted by atomic mass is 10.2. The average molecular weight is 319 g/mol. The summed E-state index contributed by atoms with van der Waals surface area (Å²) in [5, 5.41) is 6.52. The SMILES string of the molecule is Cc1cc(C(=O)NCC(C)C)nc(Nc2cccc(Cl)c2)n1. The van der Waals surface area contributed by atoms with Gasteiger partial charge >= 0.3 is 0 Å². The van der Waals surface area contributed by atoms with E-state index in [0.717, 1.165) is 5.69 Å². The molecule has 0 aliphatic carbocycles. The largest absolute Gasteiger partial charge is 0.350 e. The maximum Gasteiger partial charge on any atom is 0.270 e. The minimum absolute atomic E-state index is 0.201. The van der Waals surface area contributed by atoms with E-state index >= 15 is 0 Å². The molecule has 0 spiro atoms. The van der Waals surface area contributed by atoms with E-state index in [1.54, 1.807) is 18.2 Å². The van der Waals surface area contributed by atoms with Crippen molar-refractivity contribution < 1.29 is 4.79 Å². The minimum atomic E-state index is -0.201. The number of hydrogen-bond acceptors (Lipinski definition) is 4. The first-order chi connectivity index (χ1) is 10.4. The Hall–Kier alpha value is -2.14. The van der Waals surface area contributed by atoms with E-state index in [0.29, 0.717) is 34.8 Å². The molecule has 0 bridgehead atoms. The van der Waals surface area contributed by atoms with Gasteiger partial charge in [0, 0.05) is 22.9 Å². The van der Waals surface area contributed by atoms with Crippen LogP contribution in [0, 0.1) is 12.8 Å². The highest BCUT2D eigenvalue weighted by molar-refractivity contribution is 6.30. The number of anilines is 2. The van der Waals surface area contributed by atoms with Crippen molar-refractivity contribution in [2.75, 3.05) is 11.9 Å². The van der Waals surface area contributed by atoms with Crippen LogP contribution in [0.1, 0.15) is 30.0 Å². The molecular formula is C16H19ClN4O. The molecule has 1 amide bonds. The number of aromatic nitrogens is 2. The fraction of sp³-hybridized carbons (Fsp3) is 0.312. The molecule has 2 N–H and O–H groups in total. The highest BCUT2D eigenvalue weighted by Gasteiger charge is 2.11. The van der Waals surface area contributed by atoms with Crippen LogP contribution in [0.4, 0.5) is 11.6 Å². The molecule has 0 fully saturated rings. The van der Waals surface area contributed by atoms with Crippen LogP contribution >= 0.6 is 11.6 Å². The number of nitrogens with zero attached hydrogens (tertiary/aromatic N) is 2. The van der Waals surface area contributed by atoms with Gasteiger partial charge in [0.05, 0.1) is 0 Å². The standard InChI is InChI=1S/C16H19ClN4O/c1-10(2)9-18-15(22)14-7-11(3)19-16(21-14)20-13-6-4-5-12(17)8-13/h4-8,10H,9H2,1-3H3,(H,18,22)(H,19,20,21). The first-order valence-electron chi connectivity index (χ1n) is 7.10. The Morgan fingerprint density at radius 2 is 2.05 bits per heavy atom. The Kier molecular flexibility index (Phi) is 5.33. The highest BCUT2D eigenvalue weighted by Crippen LogP contribution is 2.18. The number of rotatable bonds is 5. The third kappa shape index (κ3) is 4.70. The third-order valence-electron chi connectivity index (χ3n) is 2.84. The van der Waals surface area contributed by atoms with Gasteiger partial charge in [-0.15, -0.1) is 0 Å². The van der Waals surface area contributed by atoms with Crippen molar-refractivity contribution in [1.82, 2.24) is 15.3 Å². The molecule has 5 nitrogen and oxygen atoms in total. The van der Waals surface area contributed by atoms with Crippen LogP contribution in [-0.4, -0.2) is 22.4 Å². The monoisotopic (exact) mass is 318 g/mol. The summed E-state index contributed by atoms with van der Waals surface area (Å²) >= 11 is 5.95. The van der Waals surface area contributed by atoms with Crippen molar-refractivity contribution in [2.45, 2.75) is 20.8 Å². The Morgan fingerprint density at radius 1 is 1.27 bits per heavy atom. The Bertz CT molecular complexity index is 673. The van der Waals surface area contributed by atoms with Gasteiger partial charge in [-0.1, -0.05) is 31.5 Å². The van der Waals surface area contributed by atoms with Crippen molar-refractivity contribution in [3.63, 3.8) is 0 Å². The fourth-order valence-corrected chi connectivity index (χ4v) is 2.01. The molecule has 0 saturated carbocycles. The summed E-state index contributed by atoms with van der Waals surface area (Å²) in [5.74, 6) is 0.557. The second-order valence-corrected chi connectivity index (χ2v) is 5.89. The van der Waals surface area contributed by atoms with Crippen molar-refractivity contribution in [3.05, 3.63) is 46.7 Å². The maximum absolute atomic E-state index is 12.1. The molecule has 6 heteroatoms. The second-order valence-electron chi connectivity index (χ2n) is 5.46. The summed E-state index contributed by atoms with van der Waals surface area (Å²) in [6.45, 7) is 6.51. The Balaban J connectivity index is 2.17. The van der Waals surface area contributed by atoms with E-state index in [9.17, 15) is 4.79 Å². The number of benzene rings is 1. The molecule has 0 radical (unpaired) electrons. The van der Waals surface area contributed by atoms with Crippen LogP contribution in [0.5, 0.6) is 0 Å². The van der Waals surface area contributed by atoms with Gasteiger partial charge in [0.2, 0.25) is 5.95 Å². The van der Waals surface area contributed by atoms with Crippen molar-refractivity contribution in [2.24, 2.45) is 5.92 Å². The Morgan fingerprint density at radius 3 is 2.73 bits per heavy atom. The lowest BCUT2D eigenvalue weighted by Crippen LogP contribution is -2.28. The van der Waals surface area contributed by atoms with E-state index in [4.69, 9.17) is 11.6 Å². The van der Waals surface area contributed by atoms with Crippen LogP contribution in [-0.2, 0) is 0 Å². The van der Waals surface area contributed by atoms with Gasteiger partial charge in [0.1, 0.15) is 5.69 Å². The van der Waals surface area contributed by atoms with Crippen molar-refractivity contribution >= 4 is 29.1 Å². The number of nitrogens with one attached hydrogen (secondary N) is 2. The molecule has 2 rings (SSSR count). The smallest absolute Gasteiger partial charge is 0.270 e. The number of halogens is 1. The van der Waals surface area contributed by atoms with Crippen molar-refractivity contribution in [3.8, 4) is 0 Å². The minimum Gasteiger partial charge on any atom is -0.350 e. The predicted molar refractivity (Wildman–Crippen MR) is 88.7 cm³/mol. The Labute approximate surface area is 135 Å². The topological polar surface area (TPSA) is 66.9 Å². The summed E-state index contributed by atoms with van der Waals surface area (Å²) in [7, 11) is 0. The number of aryl methyl sites for hydroxylation is 1. The highest BCUT2D eigenvalue weighted by atomic mass is 35.5. The molecule has 116 valence electrons. The molecule has 22 heavy (non-hydrogen) atoms. The molecule has 1 heterocycles. The van der Waals surface area contributed by atoms with Gasteiger partial charge in [-0.3, -0.25) is 4.79 Å². The van der Waals surface area contributed by atoms with Gasteiger partial charge in [0.25, 0.3) is 5.91 Å². The normalized spacial score (nSPS) is 10.6. The quantitative estimate of drug-likeness (QED) is 0.884. The molecular weight excluding hydrogens is 300 g/mol. The average Bonchev–Trinajstić information content (AvgIpc) is 2.44. The van der Waals surface area contributed by atoms with E-state index in [1.165, 1.54) is 0 Å². The number of carbonyl (C=O) groups is 1. The molecule has 0 aliphatic heterocycles. The molecule has 0 saturated heterocycles.